The summed E-state index contributed by atoms with van der Waals surface area (Å²) in [5.41, 5.74) is 4.01. The summed E-state index contributed by atoms with van der Waals surface area (Å²) in [4.78, 5) is 12.3. The van der Waals surface area contributed by atoms with Gasteiger partial charge in [-0.1, -0.05) is 56.9 Å². The second-order valence-electron chi connectivity index (χ2n) is 6.18. The van der Waals surface area contributed by atoms with Crippen LogP contribution in [-0.4, -0.2) is 5.91 Å². The number of benzene rings is 2. The fourth-order valence-corrected chi connectivity index (χ4v) is 2.68. The highest BCUT2D eigenvalue weighted by atomic mass is 16.1. The molecule has 0 bridgehead atoms. The third-order valence-electron chi connectivity index (χ3n) is 4.06. The number of hydrogen-bond donors (Lipinski definition) is 1. The van der Waals surface area contributed by atoms with Crippen molar-refractivity contribution in [3.8, 4) is 0 Å². The average Bonchev–Trinajstić information content (AvgIpc) is 2.55. The molecule has 0 heterocycles. The molecule has 2 aromatic rings. The van der Waals surface area contributed by atoms with E-state index in [-0.39, 0.29) is 5.91 Å². The highest BCUT2D eigenvalue weighted by Gasteiger charge is 2.06. The van der Waals surface area contributed by atoms with Gasteiger partial charge in [0.05, 0.1) is 0 Å². The Morgan fingerprint density at radius 3 is 2.39 bits per heavy atom. The molecule has 1 amide bonds. The van der Waals surface area contributed by atoms with Crippen molar-refractivity contribution >= 4 is 11.6 Å². The Balaban J connectivity index is 1.85. The summed E-state index contributed by atoms with van der Waals surface area (Å²) in [6, 6.07) is 15.9. The van der Waals surface area contributed by atoms with Crippen molar-refractivity contribution in [2.24, 2.45) is 0 Å². The van der Waals surface area contributed by atoms with Crippen molar-refractivity contribution < 1.29 is 4.79 Å². The van der Waals surface area contributed by atoms with Gasteiger partial charge in [-0.25, -0.2) is 0 Å². The van der Waals surface area contributed by atoms with Gasteiger partial charge < -0.3 is 5.32 Å². The van der Waals surface area contributed by atoms with Crippen molar-refractivity contribution in [2.75, 3.05) is 5.32 Å². The second-order valence-corrected chi connectivity index (χ2v) is 6.18. The van der Waals surface area contributed by atoms with E-state index in [2.05, 4.69) is 24.4 Å². The van der Waals surface area contributed by atoms with Gasteiger partial charge in [-0.3, -0.25) is 4.79 Å². The van der Waals surface area contributed by atoms with Crippen LogP contribution in [0.25, 0.3) is 0 Å². The van der Waals surface area contributed by atoms with Crippen LogP contribution in [0.1, 0.15) is 60.5 Å². The standard InChI is InChI=1S/C21H27NO/c1-3-4-5-6-7-10-18-12-14-19(15-13-18)21(23)22-20-11-8-9-17(2)16-20/h8-9,11-16H,3-7,10H2,1-2H3,(H,22,23). The number of carbonyl (C=O) groups is 1. The molecule has 2 rings (SSSR count). The Bertz CT molecular complexity index is 616. The maximum atomic E-state index is 12.3. The SMILES string of the molecule is CCCCCCCc1ccc(C(=O)Nc2cccc(C)c2)cc1. The number of hydrogen-bond acceptors (Lipinski definition) is 1. The first-order valence-corrected chi connectivity index (χ1v) is 8.66. The van der Waals surface area contributed by atoms with Crippen LogP contribution in [0.15, 0.2) is 48.5 Å². The highest BCUT2D eigenvalue weighted by molar-refractivity contribution is 6.04. The lowest BCUT2D eigenvalue weighted by molar-refractivity contribution is 0.102. The first-order chi connectivity index (χ1) is 11.2. The minimum absolute atomic E-state index is 0.0508. The van der Waals surface area contributed by atoms with E-state index >= 15 is 0 Å². The molecule has 0 aliphatic rings. The van der Waals surface area contributed by atoms with Crippen LogP contribution in [0.2, 0.25) is 0 Å². The van der Waals surface area contributed by atoms with Crippen molar-refractivity contribution in [1.29, 1.82) is 0 Å². The Morgan fingerprint density at radius 1 is 0.957 bits per heavy atom. The first-order valence-electron chi connectivity index (χ1n) is 8.66. The zero-order valence-corrected chi connectivity index (χ0v) is 14.3. The monoisotopic (exact) mass is 309 g/mol. The number of amides is 1. The molecule has 0 spiro atoms. The van der Waals surface area contributed by atoms with E-state index in [1.807, 2.05) is 43.3 Å². The summed E-state index contributed by atoms with van der Waals surface area (Å²) in [6.45, 7) is 4.26. The summed E-state index contributed by atoms with van der Waals surface area (Å²) in [6.07, 6.45) is 7.57. The molecule has 2 heteroatoms. The number of rotatable bonds is 8. The third kappa shape index (κ3) is 5.90. The Kier molecular flexibility index (Phi) is 6.86. The van der Waals surface area contributed by atoms with Gasteiger partial charge in [0, 0.05) is 11.3 Å². The van der Waals surface area contributed by atoms with Crippen molar-refractivity contribution in [3.63, 3.8) is 0 Å². The van der Waals surface area contributed by atoms with E-state index in [0.717, 1.165) is 17.7 Å². The molecule has 2 nitrogen and oxygen atoms in total. The predicted molar refractivity (Wildman–Crippen MR) is 98.0 cm³/mol. The number of unbranched alkanes of at least 4 members (excludes halogenated alkanes) is 4. The topological polar surface area (TPSA) is 29.1 Å². The van der Waals surface area contributed by atoms with Crippen LogP contribution >= 0.6 is 0 Å². The van der Waals surface area contributed by atoms with Crippen molar-refractivity contribution in [1.82, 2.24) is 0 Å². The van der Waals surface area contributed by atoms with Crippen LogP contribution in [0.3, 0.4) is 0 Å². The van der Waals surface area contributed by atoms with Gasteiger partial charge in [0.15, 0.2) is 0 Å². The maximum Gasteiger partial charge on any atom is 0.255 e. The number of carbonyl (C=O) groups excluding carboxylic acids is 1. The van der Waals surface area contributed by atoms with Gasteiger partial charge in [-0.05, 0) is 55.2 Å². The van der Waals surface area contributed by atoms with Crippen LogP contribution in [0, 0.1) is 6.92 Å². The van der Waals surface area contributed by atoms with Gasteiger partial charge in [-0.15, -0.1) is 0 Å². The third-order valence-corrected chi connectivity index (χ3v) is 4.06. The van der Waals surface area contributed by atoms with E-state index in [9.17, 15) is 4.79 Å². The molecule has 2 aromatic carbocycles. The lowest BCUT2D eigenvalue weighted by atomic mass is 10.0. The number of aryl methyl sites for hydroxylation is 2. The zero-order chi connectivity index (χ0) is 16.5. The van der Waals surface area contributed by atoms with Gasteiger partial charge in [0.2, 0.25) is 0 Å². The molecule has 0 saturated carbocycles. The fraction of sp³-hybridized carbons (Fsp3) is 0.381. The van der Waals surface area contributed by atoms with Crippen LogP contribution < -0.4 is 5.32 Å². The van der Waals surface area contributed by atoms with Crippen LogP contribution in [0.5, 0.6) is 0 Å². The lowest BCUT2D eigenvalue weighted by Crippen LogP contribution is -2.11. The summed E-state index contributed by atoms with van der Waals surface area (Å²) >= 11 is 0. The average molecular weight is 309 g/mol. The van der Waals surface area contributed by atoms with E-state index < -0.39 is 0 Å². The van der Waals surface area contributed by atoms with Crippen molar-refractivity contribution in [3.05, 3.63) is 65.2 Å². The Labute approximate surface area is 139 Å². The minimum Gasteiger partial charge on any atom is -0.322 e. The van der Waals surface area contributed by atoms with E-state index in [0.29, 0.717) is 5.56 Å². The molecular weight excluding hydrogens is 282 g/mol. The molecule has 1 N–H and O–H groups in total. The zero-order valence-electron chi connectivity index (χ0n) is 14.3. The van der Waals surface area contributed by atoms with Gasteiger partial charge in [0.25, 0.3) is 5.91 Å². The lowest BCUT2D eigenvalue weighted by Gasteiger charge is -2.07. The summed E-state index contributed by atoms with van der Waals surface area (Å²) in [7, 11) is 0. The molecule has 122 valence electrons. The largest absolute Gasteiger partial charge is 0.322 e. The maximum absolute atomic E-state index is 12.3. The predicted octanol–water partition coefficient (Wildman–Crippen LogP) is 5.76. The molecule has 0 saturated heterocycles. The van der Waals surface area contributed by atoms with Gasteiger partial charge >= 0.3 is 0 Å². The number of anilines is 1. The molecular formula is C21H27NO. The summed E-state index contributed by atoms with van der Waals surface area (Å²) < 4.78 is 0. The van der Waals surface area contributed by atoms with Crippen molar-refractivity contribution in [2.45, 2.75) is 52.4 Å². The molecule has 0 atom stereocenters. The van der Waals surface area contributed by atoms with E-state index in [1.165, 1.54) is 37.7 Å². The smallest absolute Gasteiger partial charge is 0.255 e. The van der Waals surface area contributed by atoms with Crippen LogP contribution in [0.4, 0.5) is 5.69 Å². The van der Waals surface area contributed by atoms with E-state index in [1.54, 1.807) is 0 Å². The molecule has 0 radical (unpaired) electrons. The molecule has 0 fully saturated rings. The molecule has 0 aliphatic carbocycles. The minimum atomic E-state index is -0.0508. The molecule has 0 aliphatic heterocycles. The quantitative estimate of drug-likeness (QED) is 0.617. The first kappa shape index (κ1) is 17.3. The Hall–Kier alpha value is -2.09. The Morgan fingerprint density at radius 2 is 1.70 bits per heavy atom. The highest BCUT2D eigenvalue weighted by Crippen LogP contribution is 2.14. The fourth-order valence-electron chi connectivity index (χ4n) is 2.68. The second kappa shape index (κ2) is 9.14. The molecule has 0 unspecified atom stereocenters. The molecule has 0 aromatic heterocycles. The van der Waals surface area contributed by atoms with Gasteiger partial charge in [-0.2, -0.15) is 0 Å². The number of nitrogens with one attached hydrogen (secondary N) is 1. The van der Waals surface area contributed by atoms with E-state index in [4.69, 9.17) is 0 Å². The normalized spacial score (nSPS) is 10.5. The van der Waals surface area contributed by atoms with Crippen LogP contribution in [-0.2, 0) is 6.42 Å². The summed E-state index contributed by atoms with van der Waals surface area (Å²) in [5.74, 6) is -0.0508. The van der Waals surface area contributed by atoms with Gasteiger partial charge in [0.1, 0.15) is 0 Å². The molecule has 23 heavy (non-hydrogen) atoms. The summed E-state index contributed by atoms with van der Waals surface area (Å²) in [5, 5.41) is 2.95.